The summed E-state index contributed by atoms with van der Waals surface area (Å²) in [5, 5.41) is 8.89. The number of rotatable bonds is 10. The molecule has 0 bridgehead atoms. The summed E-state index contributed by atoms with van der Waals surface area (Å²) in [6.45, 7) is 4.10. The lowest BCUT2D eigenvalue weighted by atomic mass is 10.1. The van der Waals surface area contributed by atoms with E-state index < -0.39 is 16.9 Å². The molecule has 1 rings (SSSR count). The van der Waals surface area contributed by atoms with Gasteiger partial charge in [-0.2, -0.15) is 0 Å². The van der Waals surface area contributed by atoms with Crippen LogP contribution in [0.5, 0.6) is 0 Å². The molecule has 0 saturated carbocycles. The van der Waals surface area contributed by atoms with Crippen LogP contribution in [-0.4, -0.2) is 35.3 Å². The zero-order chi connectivity index (χ0) is 18.3. The van der Waals surface area contributed by atoms with Gasteiger partial charge in [-0.3, -0.25) is 9.59 Å². The molecule has 0 aliphatic rings. The number of carboxylic acid groups (broad SMARTS) is 1. The fourth-order valence-electron chi connectivity index (χ4n) is 1.70. The van der Waals surface area contributed by atoms with Gasteiger partial charge in [0.1, 0.15) is 5.25 Å². The minimum absolute atomic E-state index is 0.232. The second kappa shape index (κ2) is 10.1. The van der Waals surface area contributed by atoms with Crippen molar-refractivity contribution in [2.45, 2.75) is 25.5 Å². The van der Waals surface area contributed by atoms with E-state index in [1.54, 1.807) is 13.8 Å². The van der Waals surface area contributed by atoms with Crippen molar-refractivity contribution in [1.29, 1.82) is 0 Å². The van der Waals surface area contributed by atoms with E-state index in [1.165, 1.54) is 18.2 Å². The van der Waals surface area contributed by atoms with Crippen LogP contribution in [0.3, 0.4) is 0 Å². The lowest BCUT2D eigenvalue weighted by Gasteiger charge is -2.23. The number of hydrogen-bond donors (Lipinski definition) is 1. The maximum Gasteiger partial charge on any atom is 0.317 e. The first-order valence-electron chi connectivity index (χ1n) is 7.01. The van der Waals surface area contributed by atoms with E-state index in [2.05, 4.69) is 0 Å². The van der Waals surface area contributed by atoms with Crippen LogP contribution in [0.25, 0.3) is 0 Å². The van der Waals surface area contributed by atoms with E-state index in [9.17, 15) is 14.7 Å². The predicted molar refractivity (Wildman–Crippen MR) is 102 cm³/mol. The van der Waals surface area contributed by atoms with Crippen molar-refractivity contribution in [2.24, 2.45) is 0 Å². The van der Waals surface area contributed by atoms with Gasteiger partial charge in [-0.15, -0.1) is 0 Å². The molecule has 1 N–H and O–H groups in total. The molecule has 0 aromatic heterocycles. The van der Waals surface area contributed by atoms with Crippen molar-refractivity contribution in [3.63, 3.8) is 0 Å². The number of carbonyl (C=O) groups excluding carboxylic acids is 1. The quantitative estimate of drug-likeness (QED) is 0.411. The number of ketones is 1. The number of aliphatic carboxylic acids is 1. The SMILES string of the molecule is CCOP(=S)(OCC)SC(CC(=O)c1ccc(Cl)c(Cl)c1)C(=O)O. The molecule has 134 valence electrons. The Morgan fingerprint density at radius 1 is 1.25 bits per heavy atom. The van der Waals surface area contributed by atoms with Crippen LogP contribution in [0.1, 0.15) is 30.6 Å². The summed E-state index contributed by atoms with van der Waals surface area (Å²) >= 11 is 17.9. The minimum atomic E-state index is -2.82. The first-order valence-corrected chi connectivity index (χ1v) is 11.9. The van der Waals surface area contributed by atoms with E-state index in [0.717, 1.165) is 11.4 Å². The molecular weight excluding hydrogens is 414 g/mol. The van der Waals surface area contributed by atoms with Crippen LogP contribution in [-0.2, 0) is 25.6 Å². The molecule has 0 fully saturated rings. The number of Topliss-reactive ketones (excluding diaryl/α,β-unsaturated/α-hetero) is 1. The molecule has 1 atom stereocenters. The fraction of sp³-hybridized carbons (Fsp3) is 0.429. The highest BCUT2D eigenvalue weighted by Crippen LogP contribution is 2.63. The molecule has 0 saturated heterocycles. The normalized spacial score (nSPS) is 12.8. The van der Waals surface area contributed by atoms with Crippen molar-refractivity contribution in [3.05, 3.63) is 33.8 Å². The third-order valence-electron chi connectivity index (χ3n) is 2.72. The molecular formula is C14H17Cl2O5PS2. The van der Waals surface area contributed by atoms with Crippen molar-refractivity contribution in [3.8, 4) is 0 Å². The maximum atomic E-state index is 12.3. The van der Waals surface area contributed by atoms with E-state index in [0.29, 0.717) is 18.2 Å². The van der Waals surface area contributed by atoms with Gasteiger partial charge >= 0.3 is 5.97 Å². The van der Waals surface area contributed by atoms with Crippen molar-refractivity contribution < 1.29 is 23.7 Å². The molecule has 0 heterocycles. The Kier molecular flexibility index (Phi) is 9.23. The Labute approximate surface area is 159 Å². The summed E-state index contributed by atoms with van der Waals surface area (Å²) in [6, 6.07) is 4.41. The third-order valence-corrected chi connectivity index (χ3v) is 9.06. The van der Waals surface area contributed by atoms with Gasteiger partial charge < -0.3 is 14.2 Å². The van der Waals surface area contributed by atoms with Gasteiger partial charge in [-0.25, -0.2) is 0 Å². The summed E-state index contributed by atoms with van der Waals surface area (Å²) < 4.78 is 10.9. The number of carbonyl (C=O) groups is 2. The summed E-state index contributed by atoms with van der Waals surface area (Å²) in [6.07, 6.45) is -0.253. The second-order valence-corrected chi connectivity index (χ2v) is 11.7. The zero-order valence-electron chi connectivity index (χ0n) is 13.0. The van der Waals surface area contributed by atoms with Crippen molar-refractivity contribution >= 4 is 63.8 Å². The molecule has 0 amide bonds. The number of carboxylic acids is 1. The van der Waals surface area contributed by atoms with Gasteiger partial charge in [0, 0.05) is 12.0 Å². The van der Waals surface area contributed by atoms with E-state index in [1.807, 2.05) is 0 Å². The number of hydrogen-bond acceptors (Lipinski definition) is 6. The van der Waals surface area contributed by atoms with Crippen LogP contribution in [0.15, 0.2) is 18.2 Å². The van der Waals surface area contributed by atoms with E-state index in [4.69, 9.17) is 44.1 Å². The van der Waals surface area contributed by atoms with Crippen LogP contribution < -0.4 is 0 Å². The predicted octanol–water partition coefficient (Wildman–Crippen LogP) is 5.05. The number of benzene rings is 1. The Balaban J connectivity index is 2.92. The molecule has 5 nitrogen and oxygen atoms in total. The van der Waals surface area contributed by atoms with Gasteiger partial charge in [0.15, 0.2) is 5.78 Å². The average Bonchev–Trinajstić information content (AvgIpc) is 2.49. The van der Waals surface area contributed by atoms with Crippen molar-refractivity contribution in [2.75, 3.05) is 13.2 Å². The highest BCUT2D eigenvalue weighted by molar-refractivity contribution is 8.68. The van der Waals surface area contributed by atoms with Gasteiger partial charge in [0.25, 0.3) is 0 Å². The lowest BCUT2D eigenvalue weighted by molar-refractivity contribution is -0.136. The van der Waals surface area contributed by atoms with Gasteiger partial charge in [-0.1, -0.05) is 34.6 Å². The summed E-state index contributed by atoms with van der Waals surface area (Å²) in [7, 11) is 0. The van der Waals surface area contributed by atoms with Gasteiger partial charge in [0.05, 0.1) is 23.3 Å². The number of halogens is 2. The van der Waals surface area contributed by atoms with Crippen molar-refractivity contribution in [1.82, 2.24) is 0 Å². The van der Waals surface area contributed by atoms with Gasteiger partial charge in [-0.05, 0) is 43.9 Å². The molecule has 0 radical (unpaired) electrons. The molecule has 1 aromatic rings. The maximum absolute atomic E-state index is 12.3. The lowest BCUT2D eigenvalue weighted by Crippen LogP contribution is -2.21. The Morgan fingerprint density at radius 2 is 1.83 bits per heavy atom. The standard InChI is InChI=1S/C14H17Cl2O5PS2/c1-3-20-22(23,21-4-2)24-13(14(18)19)8-12(17)9-5-6-10(15)11(16)7-9/h5-7,13H,3-4,8H2,1-2H3,(H,18,19). The second-order valence-electron chi connectivity index (χ2n) is 4.47. The first kappa shape index (κ1) is 21.9. The van der Waals surface area contributed by atoms with E-state index in [-0.39, 0.29) is 22.8 Å². The molecule has 1 aromatic carbocycles. The Morgan fingerprint density at radius 3 is 2.29 bits per heavy atom. The zero-order valence-corrected chi connectivity index (χ0v) is 17.1. The van der Waals surface area contributed by atoms with Crippen LogP contribution in [0, 0.1) is 0 Å². The largest absolute Gasteiger partial charge is 0.480 e. The first-order chi connectivity index (χ1) is 11.2. The Bertz CT molecular complexity index is 646. The molecule has 0 spiro atoms. The minimum Gasteiger partial charge on any atom is -0.480 e. The third kappa shape index (κ3) is 6.64. The fourth-order valence-corrected chi connectivity index (χ4v) is 7.44. The smallest absolute Gasteiger partial charge is 0.317 e. The highest BCUT2D eigenvalue weighted by Gasteiger charge is 2.31. The molecule has 10 heteroatoms. The summed E-state index contributed by atoms with van der Waals surface area (Å²) in [5.74, 6) is -1.52. The highest BCUT2D eigenvalue weighted by atomic mass is 35.5. The summed E-state index contributed by atoms with van der Waals surface area (Å²) in [5.41, 5.74) is -2.54. The molecule has 0 aliphatic carbocycles. The van der Waals surface area contributed by atoms with Gasteiger partial charge in [0.2, 0.25) is 5.69 Å². The van der Waals surface area contributed by atoms with Crippen LogP contribution in [0.4, 0.5) is 0 Å². The molecule has 1 unspecified atom stereocenters. The van der Waals surface area contributed by atoms with Crippen LogP contribution in [0.2, 0.25) is 10.0 Å². The molecule has 0 aliphatic heterocycles. The average molecular weight is 431 g/mol. The summed E-state index contributed by atoms with van der Waals surface area (Å²) in [4.78, 5) is 23.9. The van der Waals surface area contributed by atoms with E-state index >= 15 is 0 Å². The Hall–Kier alpha value is -0.140. The van der Waals surface area contributed by atoms with Crippen LogP contribution >= 0.6 is 40.3 Å². The topological polar surface area (TPSA) is 72.8 Å². The molecule has 24 heavy (non-hydrogen) atoms. The monoisotopic (exact) mass is 430 g/mol.